The van der Waals surface area contributed by atoms with Gasteiger partial charge in [0.05, 0.1) is 45.2 Å². The van der Waals surface area contributed by atoms with Crippen molar-refractivity contribution in [2.75, 3.05) is 83.4 Å². The lowest BCUT2D eigenvalue weighted by molar-refractivity contribution is -0.894. The number of anilines is 3. The molecule has 1 aromatic carbocycles. The third-order valence-electron chi connectivity index (χ3n) is 4.45. The molecule has 0 atom stereocenters. The van der Waals surface area contributed by atoms with E-state index in [4.69, 9.17) is 16.2 Å². The molecule has 1 saturated heterocycles. The minimum atomic E-state index is 0.679. The maximum absolute atomic E-state index is 5.89. The molecule has 1 aromatic rings. The Bertz CT molecular complexity index is 482. The Kier molecular flexibility index (Phi) is 6.50. The number of nitrogens with two attached hydrogens (primary N) is 2. The first kappa shape index (κ1) is 17.8. The van der Waals surface area contributed by atoms with Crippen molar-refractivity contribution < 1.29 is 9.22 Å². The maximum atomic E-state index is 5.89. The van der Waals surface area contributed by atoms with E-state index in [9.17, 15) is 0 Å². The van der Waals surface area contributed by atoms with Crippen LogP contribution in [0.3, 0.4) is 0 Å². The summed E-state index contributed by atoms with van der Waals surface area (Å²) in [6.07, 6.45) is 1.09. The zero-order valence-electron chi connectivity index (χ0n) is 14.6. The molecule has 0 spiro atoms. The van der Waals surface area contributed by atoms with Crippen LogP contribution < -0.4 is 16.8 Å². The third kappa shape index (κ3) is 6.25. The van der Waals surface area contributed by atoms with E-state index in [2.05, 4.69) is 24.3 Å². The van der Waals surface area contributed by atoms with Crippen molar-refractivity contribution in [2.24, 2.45) is 0 Å². The highest BCUT2D eigenvalue weighted by Crippen LogP contribution is 2.20. The van der Waals surface area contributed by atoms with E-state index in [0.717, 1.165) is 36.3 Å². The summed E-state index contributed by atoms with van der Waals surface area (Å²) in [7, 11) is 4.61. The smallest absolute Gasteiger partial charge is 0.0912 e. The van der Waals surface area contributed by atoms with Gasteiger partial charge in [-0.25, -0.2) is 0 Å². The molecule has 5 N–H and O–H groups in total. The Morgan fingerprint density at radius 3 is 2.65 bits per heavy atom. The molecule has 1 aliphatic rings. The standard InChI is InChI=1S/C17H32N5O/c1-22(2)10-8-21(9-11-22)7-3-12-23-13-6-20-17-14-15(18)4-5-16(17)19/h4-5,14,20H,3,6-13,18-19H2,1-2H3/q+1. The Hall–Kier alpha value is -1.50. The summed E-state index contributed by atoms with van der Waals surface area (Å²) in [5.41, 5.74) is 13.9. The highest BCUT2D eigenvalue weighted by molar-refractivity contribution is 5.70. The molecule has 0 bridgehead atoms. The molecular formula is C17H32N5O+. The first-order chi connectivity index (χ1) is 11.0. The van der Waals surface area contributed by atoms with Crippen LogP contribution in [-0.4, -0.2) is 76.0 Å². The summed E-state index contributed by atoms with van der Waals surface area (Å²) in [6, 6.07) is 5.47. The Morgan fingerprint density at radius 2 is 1.91 bits per heavy atom. The van der Waals surface area contributed by atoms with Gasteiger partial charge in [-0.05, 0) is 24.6 Å². The molecular weight excluding hydrogens is 290 g/mol. The normalized spacial score (nSPS) is 18.0. The Morgan fingerprint density at radius 1 is 1.17 bits per heavy atom. The molecule has 0 amide bonds. The number of likely N-dealkylation sites (N-methyl/N-ethyl adjacent to an activating group) is 1. The molecule has 0 unspecified atom stereocenters. The number of rotatable bonds is 8. The predicted molar refractivity (Wildman–Crippen MR) is 97.5 cm³/mol. The number of benzene rings is 1. The second-order valence-corrected chi connectivity index (χ2v) is 6.96. The van der Waals surface area contributed by atoms with E-state index < -0.39 is 0 Å². The van der Waals surface area contributed by atoms with E-state index in [1.54, 1.807) is 6.07 Å². The van der Waals surface area contributed by atoms with Crippen LogP contribution in [0.4, 0.5) is 17.1 Å². The van der Waals surface area contributed by atoms with Crippen molar-refractivity contribution >= 4 is 17.1 Å². The summed E-state index contributed by atoms with van der Waals surface area (Å²) in [6.45, 7) is 8.24. The van der Waals surface area contributed by atoms with Gasteiger partial charge in [0.25, 0.3) is 0 Å². The zero-order valence-corrected chi connectivity index (χ0v) is 14.6. The van der Waals surface area contributed by atoms with Crippen LogP contribution in [-0.2, 0) is 4.74 Å². The van der Waals surface area contributed by atoms with Gasteiger partial charge >= 0.3 is 0 Å². The summed E-state index contributed by atoms with van der Waals surface area (Å²) >= 11 is 0. The number of piperazine rings is 1. The second kappa shape index (κ2) is 8.38. The van der Waals surface area contributed by atoms with Crippen LogP contribution >= 0.6 is 0 Å². The average molecular weight is 322 g/mol. The van der Waals surface area contributed by atoms with Gasteiger partial charge in [-0.2, -0.15) is 0 Å². The van der Waals surface area contributed by atoms with E-state index in [0.29, 0.717) is 18.0 Å². The zero-order chi connectivity index (χ0) is 16.7. The fourth-order valence-corrected chi connectivity index (χ4v) is 2.75. The number of ether oxygens (including phenoxy) is 1. The van der Waals surface area contributed by atoms with Crippen molar-refractivity contribution in [3.8, 4) is 0 Å². The highest BCUT2D eigenvalue weighted by atomic mass is 16.5. The van der Waals surface area contributed by atoms with Crippen LogP contribution in [0.15, 0.2) is 18.2 Å². The SMILES string of the molecule is C[N+]1(C)CCN(CCCOCCNc2cc(N)ccc2N)CC1. The number of nitrogens with zero attached hydrogens (tertiary/aromatic N) is 2. The van der Waals surface area contributed by atoms with Gasteiger partial charge < -0.3 is 26.0 Å². The van der Waals surface area contributed by atoms with Crippen molar-refractivity contribution in [3.63, 3.8) is 0 Å². The number of nitrogens with one attached hydrogen (secondary N) is 1. The topological polar surface area (TPSA) is 76.5 Å². The number of quaternary nitrogens is 1. The summed E-state index contributed by atoms with van der Waals surface area (Å²) in [4.78, 5) is 2.54. The number of nitrogen functional groups attached to an aromatic ring is 2. The summed E-state index contributed by atoms with van der Waals surface area (Å²) in [5.74, 6) is 0. The van der Waals surface area contributed by atoms with E-state index in [1.165, 1.54) is 26.2 Å². The van der Waals surface area contributed by atoms with Gasteiger partial charge in [-0.1, -0.05) is 0 Å². The first-order valence-electron chi connectivity index (χ1n) is 8.47. The average Bonchev–Trinajstić information content (AvgIpc) is 2.51. The molecule has 6 nitrogen and oxygen atoms in total. The maximum Gasteiger partial charge on any atom is 0.0912 e. The summed E-state index contributed by atoms with van der Waals surface area (Å²) < 4.78 is 6.84. The lowest BCUT2D eigenvalue weighted by atomic mass is 10.2. The predicted octanol–water partition coefficient (Wildman–Crippen LogP) is 1.06. The molecule has 0 radical (unpaired) electrons. The van der Waals surface area contributed by atoms with Crippen molar-refractivity contribution in [1.82, 2.24) is 4.90 Å². The molecule has 0 saturated carbocycles. The number of hydrogen-bond donors (Lipinski definition) is 3. The Balaban J connectivity index is 1.51. The van der Waals surface area contributed by atoms with Gasteiger partial charge in [-0.3, -0.25) is 4.90 Å². The number of hydrogen-bond acceptors (Lipinski definition) is 5. The van der Waals surface area contributed by atoms with Crippen LogP contribution in [0.25, 0.3) is 0 Å². The molecule has 23 heavy (non-hydrogen) atoms. The largest absolute Gasteiger partial charge is 0.399 e. The van der Waals surface area contributed by atoms with Crippen molar-refractivity contribution in [2.45, 2.75) is 6.42 Å². The van der Waals surface area contributed by atoms with Crippen molar-refractivity contribution in [3.05, 3.63) is 18.2 Å². The molecule has 0 aliphatic carbocycles. The van der Waals surface area contributed by atoms with Gasteiger partial charge in [0.2, 0.25) is 0 Å². The molecule has 0 aromatic heterocycles. The molecule has 130 valence electrons. The molecule has 1 heterocycles. The monoisotopic (exact) mass is 322 g/mol. The van der Waals surface area contributed by atoms with Gasteiger partial charge in [-0.15, -0.1) is 0 Å². The van der Waals surface area contributed by atoms with Crippen LogP contribution in [0, 0.1) is 0 Å². The molecule has 1 aliphatic heterocycles. The highest BCUT2D eigenvalue weighted by Gasteiger charge is 2.23. The second-order valence-electron chi connectivity index (χ2n) is 6.96. The fraction of sp³-hybridized carbons (Fsp3) is 0.647. The fourth-order valence-electron chi connectivity index (χ4n) is 2.75. The van der Waals surface area contributed by atoms with Crippen LogP contribution in [0.1, 0.15) is 6.42 Å². The molecule has 2 rings (SSSR count). The summed E-state index contributed by atoms with van der Waals surface area (Å²) in [5, 5.41) is 3.26. The molecule has 1 fully saturated rings. The third-order valence-corrected chi connectivity index (χ3v) is 4.45. The quantitative estimate of drug-likeness (QED) is 0.379. The minimum absolute atomic E-state index is 0.679. The van der Waals surface area contributed by atoms with Gasteiger partial charge in [0, 0.05) is 38.5 Å². The first-order valence-corrected chi connectivity index (χ1v) is 8.47. The molecule has 6 heteroatoms. The van der Waals surface area contributed by atoms with Gasteiger partial charge in [0.15, 0.2) is 0 Å². The van der Waals surface area contributed by atoms with Crippen LogP contribution in [0.2, 0.25) is 0 Å². The lowest BCUT2D eigenvalue weighted by Crippen LogP contribution is -2.54. The Labute approximate surface area is 140 Å². The van der Waals surface area contributed by atoms with Gasteiger partial charge in [0.1, 0.15) is 0 Å². The van der Waals surface area contributed by atoms with Crippen LogP contribution in [0.5, 0.6) is 0 Å². The van der Waals surface area contributed by atoms with E-state index >= 15 is 0 Å². The van der Waals surface area contributed by atoms with Crippen molar-refractivity contribution in [1.29, 1.82) is 0 Å². The van der Waals surface area contributed by atoms with E-state index in [1.807, 2.05) is 12.1 Å². The minimum Gasteiger partial charge on any atom is -0.399 e. The lowest BCUT2D eigenvalue weighted by Gasteiger charge is -2.39. The van der Waals surface area contributed by atoms with E-state index in [-0.39, 0.29) is 0 Å².